The highest BCUT2D eigenvalue weighted by Gasteiger charge is 2.23. The minimum absolute atomic E-state index is 0.0322. The second-order valence-corrected chi connectivity index (χ2v) is 5.49. The molecule has 1 N–H and O–H groups in total. The van der Waals surface area contributed by atoms with E-state index in [1.54, 1.807) is 0 Å². The third-order valence-electron chi connectivity index (χ3n) is 4.25. The number of rotatable bonds is 1. The molecular weight excluding hydrogens is 258 g/mol. The van der Waals surface area contributed by atoms with Crippen LogP contribution in [0.3, 0.4) is 0 Å². The number of benzene rings is 3. The van der Waals surface area contributed by atoms with E-state index in [9.17, 15) is 4.79 Å². The lowest BCUT2D eigenvalue weighted by atomic mass is 9.90. The maximum absolute atomic E-state index is 11.9. The molecule has 1 amide bonds. The Balaban J connectivity index is 2.09. The van der Waals surface area contributed by atoms with E-state index in [0.29, 0.717) is 6.54 Å². The molecule has 3 aromatic rings. The summed E-state index contributed by atoms with van der Waals surface area (Å²) in [7, 11) is 0. The maximum atomic E-state index is 11.9. The van der Waals surface area contributed by atoms with Crippen LogP contribution in [0.15, 0.2) is 54.6 Å². The summed E-state index contributed by atoms with van der Waals surface area (Å²) in [5.74, 6) is 0.0322. The molecule has 0 fully saturated rings. The number of fused-ring (bicyclic) bond motifs is 2. The Hall–Kier alpha value is -2.61. The Kier molecular flexibility index (Phi) is 2.58. The van der Waals surface area contributed by atoms with Crippen LogP contribution >= 0.6 is 0 Å². The van der Waals surface area contributed by atoms with Crippen LogP contribution < -0.4 is 5.32 Å². The zero-order valence-electron chi connectivity index (χ0n) is 11.8. The zero-order valence-corrected chi connectivity index (χ0v) is 11.8. The van der Waals surface area contributed by atoms with Gasteiger partial charge >= 0.3 is 0 Å². The lowest BCUT2D eigenvalue weighted by Crippen LogP contribution is -2.12. The van der Waals surface area contributed by atoms with Crippen molar-refractivity contribution in [2.75, 3.05) is 0 Å². The van der Waals surface area contributed by atoms with Crippen LogP contribution in [0.25, 0.3) is 21.9 Å². The Morgan fingerprint density at radius 2 is 1.71 bits per heavy atom. The van der Waals surface area contributed by atoms with Crippen molar-refractivity contribution in [1.29, 1.82) is 0 Å². The molecule has 0 spiro atoms. The first kappa shape index (κ1) is 12.2. The van der Waals surface area contributed by atoms with E-state index in [-0.39, 0.29) is 5.91 Å². The van der Waals surface area contributed by atoms with Gasteiger partial charge in [0, 0.05) is 12.1 Å². The average Bonchev–Trinajstić information content (AvgIpc) is 2.89. The van der Waals surface area contributed by atoms with Gasteiger partial charge in [-0.15, -0.1) is 0 Å². The van der Waals surface area contributed by atoms with Crippen molar-refractivity contribution in [3.8, 4) is 11.1 Å². The number of carbonyl (C=O) groups excluding carboxylic acids is 1. The van der Waals surface area contributed by atoms with Crippen molar-refractivity contribution in [3.63, 3.8) is 0 Å². The minimum Gasteiger partial charge on any atom is -0.348 e. The summed E-state index contributed by atoms with van der Waals surface area (Å²) in [5, 5.41) is 5.39. The number of amides is 1. The SMILES string of the molecule is Cc1ccc2ccccc2c1-c1cccc2c1CNC2=O. The van der Waals surface area contributed by atoms with Crippen molar-refractivity contribution in [2.24, 2.45) is 0 Å². The molecule has 0 bridgehead atoms. The molecule has 3 aromatic carbocycles. The van der Waals surface area contributed by atoms with Crippen molar-refractivity contribution < 1.29 is 4.79 Å². The predicted molar refractivity (Wildman–Crippen MR) is 85.3 cm³/mol. The lowest BCUT2D eigenvalue weighted by molar-refractivity contribution is 0.0966. The van der Waals surface area contributed by atoms with E-state index in [4.69, 9.17) is 0 Å². The van der Waals surface area contributed by atoms with Crippen LogP contribution in [-0.4, -0.2) is 5.91 Å². The van der Waals surface area contributed by atoms with Gasteiger partial charge in [-0.2, -0.15) is 0 Å². The monoisotopic (exact) mass is 273 g/mol. The number of nitrogens with one attached hydrogen (secondary N) is 1. The molecule has 2 nitrogen and oxygen atoms in total. The topological polar surface area (TPSA) is 29.1 Å². The van der Waals surface area contributed by atoms with E-state index in [1.165, 1.54) is 27.5 Å². The molecule has 1 aliphatic rings. The largest absolute Gasteiger partial charge is 0.348 e. The summed E-state index contributed by atoms with van der Waals surface area (Å²) >= 11 is 0. The maximum Gasteiger partial charge on any atom is 0.251 e. The molecule has 0 atom stereocenters. The first-order valence-electron chi connectivity index (χ1n) is 7.14. The van der Waals surface area contributed by atoms with Gasteiger partial charge < -0.3 is 5.32 Å². The summed E-state index contributed by atoms with van der Waals surface area (Å²) in [6, 6.07) is 18.7. The minimum atomic E-state index is 0.0322. The van der Waals surface area contributed by atoms with Gasteiger partial charge in [0.2, 0.25) is 0 Å². The van der Waals surface area contributed by atoms with E-state index >= 15 is 0 Å². The van der Waals surface area contributed by atoms with Crippen LogP contribution in [0.5, 0.6) is 0 Å². The standard InChI is InChI=1S/C19H15NO/c1-12-9-10-13-5-2-3-6-14(13)18(12)15-7-4-8-16-17(15)11-20-19(16)21/h2-10H,11H2,1H3,(H,20,21). The molecule has 1 aliphatic heterocycles. The second kappa shape index (κ2) is 4.45. The van der Waals surface area contributed by atoms with Gasteiger partial charge in [0.05, 0.1) is 0 Å². The zero-order chi connectivity index (χ0) is 14.4. The molecule has 0 saturated carbocycles. The van der Waals surface area contributed by atoms with Gasteiger partial charge in [-0.1, -0.05) is 48.5 Å². The first-order valence-corrected chi connectivity index (χ1v) is 7.14. The predicted octanol–water partition coefficient (Wildman–Crippen LogP) is 4.06. The Morgan fingerprint density at radius 1 is 0.905 bits per heavy atom. The van der Waals surface area contributed by atoms with E-state index in [2.05, 4.69) is 54.7 Å². The van der Waals surface area contributed by atoms with Crippen LogP contribution in [0, 0.1) is 6.92 Å². The normalized spacial score (nSPS) is 13.3. The average molecular weight is 273 g/mol. The van der Waals surface area contributed by atoms with Crippen molar-refractivity contribution in [3.05, 3.63) is 71.3 Å². The first-order chi connectivity index (χ1) is 10.3. The smallest absolute Gasteiger partial charge is 0.251 e. The van der Waals surface area contributed by atoms with Gasteiger partial charge in [0.15, 0.2) is 0 Å². The summed E-state index contributed by atoms with van der Waals surface area (Å²) in [4.78, 5) is 11.9. The molecule has 4 rings (SSSR count). The molecule has 0 unspecified atom stereocenters. The molecule has 0 aromatic heterocycles. The van der Waals surface area contributed by atoms with Crippen molar-refractivity contribution in [1.82, 2.24) is 5.32 Å². The third kappa shape index (κ3) is 1.76. The van der Waals surface area contributed by atoms with Gasteiger partial charge in [-0.25, -0.2) is 0 Å². The molecule has 102 valence electrons. The highest BCUT2D eigenvalue weighted by atomic mass is 16.1. The summed E-state index contributed by atoms with van der Waals surface area (Å²) in [6.45, 7) is 2.75. The highest BCUT2D eigenvalue weighted by molar-refractivity contribution is 6.04. The summed E-state index contributed by atoms with van der Waals surface area (Å²) in [5.41, 5.74) is 5.56. The summed E-state index contributed by atoms with van der Waals surface area (Å²) in [6.07, 6.45) is 0. The quantitative estimate of drug-likeness (QED) is 0.711. The molecule has 0 aliphatic carbocycles. The molecule has 0 radical (unpaired) electrons. The van der Waals surface area contributed by atoms with Crippen LogP contribution in [0.1, 0.15) is 21.5 Å². The molecular formula is C19H15NO. The van der Waals surface area contributed by atoms with Gasteiger partial charge in [0.1, 0.15) is 0 Å². The fourth-order valence-electron chi connectivity index (χ4n) is 3.23. The summed E-state index contributed by atoms with van der Waals surface area (Å²) < 4.78 is 0. The van der Waals surface area contributed by atoms with Crippen LogP contribution in [0.4, 0.5) is 0 Å². The third-order valence-corrected chi connectivity index (χ3v) is 4.25. The number of aryl methyl sites for hydroxylation is 1. The Labute approximate surface area is 123 Å². The van der Waals surface area contributed by atoms with E-state index in [1.807, 2.05) is 12.1 Å². The van der Waals surface area contributed by atoms with Crippen molar-refractivity contribution in [2.45, 2.75) is 13.5 Å². The van der Waals surface area contributed by atoms with Gasteiger partial charge in [0.25, 0.3) is 5.91 Å². The number of hydrogen-bond acceptors (Lipinski definition) is 1. The fourth-order valence-corrected chi connectivity index (χ4v) is 3.23. The van der Waals surface area contributed by atoms with Crippen LogP contribution in [0.2, 0.25) is 0 Å². The Morgan fingerprint density at radius 3 is 2.62 bits per heavy atom. The molecule has 0 saturated heterocycles. The van der Waals surface area contributed by atoms with E-state index in [0.717, 1.165) is 11.1 Å². The van der Waals surface area contributed by atoms with Gasteiger partial charge in [-0.05, 0) is 46.0 Å². The van der Waals surface area contributed by atoms with Crippen molar-refractivity contribution >= 4 is 16.7 Å². The molecule has 1 heterocycles. The lowest BCUT2D eigenvalue weighted by Gasteiger charge is -2.13. The van der Waals surface area contributed by atoms with Gasteiger partial charge in [-0.3, -0.25) is 4.79 Å². The number of carbonyl (C=O) groups is 1. The van der Waals surface area contributed by atoms with E-state index < -0.39 is 0 Å². The highest BCUT2D eigenvalue weighted by Crippen LogP contribution is 2.36. The fraction of sp³-hybridized carbons (Fsp3) is 0.105. The molecule has 21 heavy (non-hydrogen) atoms. The second-order valence-electron chi connectivity index (χ2n) is 5.49. The number of hydrogen-bond donors (Lipinski definition) is 1. The molecule has 2 heteroatoms. The Bertz CT molecular complexity index is 880. The van der Waals surface area contributed by atoms with Crippen LogP contribution in [-0.2, 0) is 6.54 Å².